The number of hydrogen-bond acceptors (Lipinski definition) is 4. The highest BCUT2D eigenvalue weighted by Gasteiger charge is 2.83. The number of ether oxygens (including phenoxy) is 3. The lowest BCUT2D eigenvalue weighted by atomic mass is 9.43. The summed E-state index contributed by atoms with van der Waals surface area (Å²) in [6.45, 7) is 2.25. The molecular formula is C21H32F6O4. The molecule has 4 rings (SSSR count). The van der Waals surface area contributed by atoms with E-state index in [9.17, 15) is 26.3 Å². The average molecular weight is 462 g/mol. The summed E-state index contributed by atoms with van der Waals surface area (Å²) in [5, 5.41) is 9.00. The fraction of sp³-hybridized carbons (Fsp3) is 1.00. The van der Waals surface area contributed by atoms with E-state index in [2.05, 4.69) is 4.74 Å². The second kappa shape index (κ2) is 8.65. The zero-order valence-corrected chi connectivity index (χ0v) is 17.9. The molecule has 4 aliphatic rings. The lowest BCUT2D eigenvalue weighted by Gasteiger charge is -2.66. The minimum absolute atomic E-state index is 0.00120. The molecule has 0 aromatic rings. The molecule has 0 aromatic heterocycles. The highest BCUT2D eigenvalue weighted by molar-refractivity contribution is 5.20. The largest absolute Gasteiger partial charge is 0.427 e. The predicted molar refractivity (Wildman–Crippen MR) is 99.4 cm³/mol. The molecule has 0 spiro atoms. The van der Waals surface area contributed by atoms with E-state index in [4.69, 9.17) is 14.6 Å². The summed E-state index contributed by atoms with van der Waals surface area (Å²) in [6, 6.07) is 0. The molecule has 10 heteroatoms. The Kier molecular flexibility index (Phi) is 6.99. The monoisotopic (exact) mass is 462 g/mol. The van der Waals surface area contributed by atoms with E-state index in [1.807, 2.05) is 13.8 Å². The normalized spacial score (nSPS) is 34.4. The maximum Gasteiger partial charge on any atom is 0.427 e. The van der Waals surface area contributed by atoms with Crippen LogP contribution in [0.15, 0.2) is 0 Å². The van der Waals surface area contributed by atoms with E-state index in [1.54, 1.807) is 0 Å². The Bertz CT molecular complexity index is 592. The number of aliphatic hydroxyl groups is 1. The van der Waals surface area contributed by atoms with E-state index in [-0.39, 0.29) is 50.4 Å². The Hall–Kier alpha value is -0.580. The maximum absolute atomic E-state index is 14.3. The minimum Gasteiger partial charge on any atom is -0.394 e. The fourth-order valence-corrected chi connectivity index (χ4v) is 6.66. The van der Waals surface area contributed by atoms with Crippen LogP contribution in [0.1, 0.15) is 58.8 Å². The summed E-state index contributed by atoms with van der Waals surface area (Å²) in [6.07, 6.45) is -9.80. The van der Waals surface area contributed by atoms with Gasteiger partial charge in [0.05, 0.1) is 38.1 Å². The molecule has 3 unspecified atom stereocenters. The fourth-order valence-electron chi connectivity index (χ4n) is 6.66. The van der Waals surface area contributed by atoms with E-state index in [0.29, 0.717) is 19.3 Å². The van der Waals surface area contributed by atoms with Gasteiger partial charge in [0.1, 0.15) is 0 Å². The highest BCUT2D eigenvalue weighted by atomic mass is 19.4. The van der Waals surface area contributed by atoms with Gasteiger partial charge in [-0.25, -0.2) is 0 Å². The third-order valence-corrected chi connectivity index (χ3v) is 7.43. The lowest BCUT2D eigenvalue weighted by Crippen LogP contribution is -2.74. The maximum atomic E-state index is 14.3. The van der Waals surface area contributed by atoms with Gasteiger partial charge in [-0.05, 0) is 63.7 Å². The molecule has 0 saturated heterocycles. The van der Waals surface area contributed by atoms with Crippen molar-refractivity contribution in [1.29, 1.82) is 0 Å². The highest BCUT2D eigenvalue weighted by Crippen LogP contribution is 2.71. The van der Waals surface area contributed by atoms with Crippen LogP contribution in [0, 0.1) is 17.3 Å². The summed E-state index contributed by atoms with van der Waals surface area (Å²) in [5.41, 5.74) is -7.52. The summed E-state index contributed by atoms with van der Waals surface area (Å²) in [7, 11) is 0. The van der Waals surface area contributed by atoms with Gasteiger partial charge in [0.15, 0.2) is 0 Å². The van der Waals surface area contributed by atoms with Crippen LogP contribution in [0.2, 0.25) is 0 Å². The van der Waals surface area contributed by atoms with Crippen molar-refractivity contribution in [3.8, 4) is 0 Å². The molecule has 4 bridgehead atoms. The van der Waals surface area contributed by atoms with Crippen molar-refractivity contribution >= 4 is 0 Å². The smallest absolute Gasteiger partial charge is 0.394 e. The van der Waals surface area contributed by atoms with E-state index in [1.165, 1.54) is 0 Å². The van der Waals surface area contributed by atoms with Gasteiger partial charge >= 0.3 is 12.4 Å². The third-order valence-electron chi connectivity index (χ3n) is 7.43. The first-order valence-corrected chi connectivity index (χ1v) is 11.0. The first-order chi connectivity index (χ1) is 14.3. The Balaban J connectivity index is 1.93. The molecule has 31 heavy (non-hydrogen) atoms. The standard InChI is InChI=1S/C21H32F6O4/c1-3-14(2)29-6-7-30-18-11-15-8-16(12-18)10-17(9-15,13-18)19(20(22,23)24,21(25,26)27)31-5-4-28/h14-16,28H,3-13H2,1-2H3. The molecule has 4 fully saturated rings. The third kappa shape index (κ3) is 4.34. The number of aliphatic hydroxyl groups excluding tert-OH is 1. The minimum atomic E-state index is -5.67. The van der Waals surface area contributed by atoms with Gasteiger partial charge < -0.3 is 19.3 Å². The van der Waals surface area contributed by atoms with Crippen molar-refractivity contribution in [2.24, 2.45) is 17.3 Å². The van der Waals surface area contributed by atoms with Gasteiger partial charge in [-0.3, -0.25) is 0 Å². The number of hydrogen-bond donors (Lipinski definition) is 1. The Morgan fingerprint density at radius 1 is 0.935 bits per heavy atom. The first-order valence-electron chi connectivity index (χ1n) is 11.0. The summed E-state index contributed by atoms with van der Waals surface area (Å²) in [4.78, 5) is 0. The van der Waals surface area contributed by atoms with Crippen LogP contribution in [0.5, 0.6) is 0 Å². The molecule has 182 valence electrons. The van der Waals surface area contributed by atoms with Gasteiger partial charge in [0.2, 0.25) is 0 Å². The van der Waals surface area contributed by atoms with Crippen molar-refractivity contribution in [2.45, 2.75) is 88.5 Å². The average Bonchev–Trinajstić information content (AvgIpc) is 2.62. The molecule has 0 heterocycles. The van der Waals surface area contributed by atoms with Gasteiger partial charge in [-0.2, -0.15) is 26.3 Å². The molecule has 1 N–H and O–H groups in total. The van der Waals surface area contributed by atoms with Gasteiger partial charge in [0.25, 0.3) is 5.60 Å². The lowest BCUT2D eigenvalue weighted by molar-refractivity contribution is -0.435. The zero-order chi connectivity index (χ0) is 23.1. The Morgan fingerprint density at radius 3 is 2.00 bits per heavy atom. The second-order valence-electron chi connectivity index (χ2n) is 9.61. The van der Waals surface area contributed by atoms with Crippen molar-refractivity contribution in [2.75, 3.05) is 26.4 Å². The van der Waals surface area contributed by atoms with Crippen molar-refractivity contribution in [3.05, 3.63) is 0 Å². The molecule has 4 nitrogen and oxygen atoms in total. The molecule has 0 radical (unpaired) electrons. The first kappa shape index (κ1) is 25.1. The zero-order valence-electron chi connectivity index (χ0n) is 17.9. The molecular weight excluding hydrogens is 430 g/mol. The number of alkyl halides is 6. The van der Waals surface area contributed by atoms with Crippen molar-refractivity contribution < 1.29 is 45.7 Å². The van der Waals surface area contributed by atoms with Crippen LogP contribution in [0.4, 0.5) is 26.3 Å². The van der Waals surface area contributed by atoms with E-state index < -0.39 is 42.2 Å². The van der Waals surface area contributed by atoms with Gasteiger partial charge in [-0.15, -0.1) is 0 Å². The predicted octanol–water partition coefficient (Wildman–Crippen LogP) is 5.03. The van der Waals surface area contributed by atoms with E-state index in [0.717, 1.165) is 6.42 Å². The van der Waals surface area contributed by atoms with Crippen molar-refractivity contribution in [3.63, 3.8) is 0 Å². The molecule has 0 amide bonds. The van der Waals surface area contributed by atoms with Gasteiger partial charge in [0, 0.05) is 5.41 Å². The second-order valence-corrected chi connectivity index (χ2v) is 9.61. The Labute approximate surface area is 178 Å². The summed E-state index contributed by atoms with van der Waals surface area (Å²) >= 11 is 0. The summed E-state index contributed by atoms with van der Waals surface area (Å²) < 4.78 is 102. The summed E-state index contributed by atoms with van der Waals surface area (Å²) in [5.74, 6) is -0.558. The molecule has 3 atom stereocenters. The van der Waals surface area contributed by atoms with Crippen LogP contribution < -0.4 is 0 Å². The number of halogens is 6. The van der Waals surface area contributed by atoms with Crippen LogP contribution in [-0.4, -0.2) is 61.2 Å². The molecule has 0 aliphatic heterocycles. The van der Waals surface area contributed by atoms with E-state index >= 15 is 0 Å². The molecule has 4 saturated carbocycles. The van der Waals surface area contributed by atoms with Crippen LogP contribution in [0.25, 0.3) is 0 Å². The SMILES string of the molecule is CCC(C)OCCOC12CC3CC(C1)CC(C(OCCO)(C(F)(F)F)C(F)(F)F)(C3)C2. The number of rotatable bonds is 10. The quantitative estimate of drug-likeness (QED) is 0.366. The van der Waals surface area contributed by atoms with Crippen LogP contribution in [-0.2, 0) is 14.2 Å². The van der Waals surface area contributed by atoms with Crippen LogP contribution >= 0.6 is 0 Å². The van der Waals surface area contributed by atoms with Gasteiger partial charge in [-0.1, -0.05) is 6.92 Å². The topological polar surface area (TPSA) is 47.9 Å². The molecule has 0 aromatic carbocycles. The van der Waals surface area contributed by atoms with Crippen molar-refractivity contribution in [1.82, 2.24) is 0 Å². The van der Waals surface area contributed by atoms with Crippen LogP contribution in [0.3, 0.4) is 0 Å². The molecule has 4 aliphatic carbocycles. The Morgan fingerprint density at radius 2 is 1.52 bits per heavy atom.